The summed E-state index contributed by atoms with van der Waals surface area (Å²) in [6.45, 7) is 6.30. The van der Waals surface area contributed by atoms with E-state index >= 15 is 0 Å². The van der Waals surface area contributed by atoms with Crippen LogP contribution in [-0.2, 0) is 15.9 Å². The molecule has 0 amide bonds. The number of esters is 1. The van der Waals surface area contributed by atoms with Gasteiger partial charge in [-0.3, -0.25) is 4.98 Å². The average Bonchev–Trinajstić information content (AvgIpc) is 3.21. The highest BCUT2D eigenvalue weighted by molar-refractivity contribution is 5.91. The molecule has 1 fully saturated rings. The molecule has 1 saturated carbocycles. The molecule has 108 valence electrons. The van der Waals surface area contributed by atoms with Gasteiger partial charge in [-0.1, -0.05) is 0 Å². The van der Waals surface area contributed by atoms with Gasteiger partial charge >= 0.3 is 5.97 Å². The number of ether oxygens (including phenoxy) is 2. The number of carbonyl (C=O) groups is 1. The van der Waals surface area contributed by atoms with Gasteiger partial charge in [-0.05, 0) is 39.7 Å². The molecular formula is C16H21NO3. The fourth-order valence-electron chi connectivity index (χ4n) is 2.88. The summed E-state index contributed by atoms with van der Waals surface area (Å²) in [4.78, 5) is 17.0. The van der Waals surface area contributed by atoms with Gasteiger partial charge in [-0.2, -0.15) is 0 Å². The smallest absolute Gasteiger partial charge is 0.340 e. The van der Waals surface area contributed by atoms with E-state index in [-0.39, 0.29) is 18.2 Å². The van der Waals surface area contributed by atoms with E-state index in [0.29, 0.717) is 18.1 Å². The highest BCUT2D eigenvalue weighted by atomic mass is 16.5. The topological polar surface area (TPSA) is 48.4 Å². The Morgan fingerprint density at radius 2 is 2.20 bits per heavy atom. The molecule has 1 aromatic heterocycles. The molecule has 0 aromatic carbocycles. The molecule has 2 unspecified atom stereocenters. The molecule has 0 spiro atoms. The van der Waals surface area contributed by atoms with Crippen LogP contribution in [0.5, 0.6) is 0 Å². The van der Waals surface area contributed by atoms with Gasteiger partial charge in [0.2, 0.25) is 0 Å². The predicted octanol–water partition coefficient (Wildman–Crippen LogP) is 3.16. The van der Waals surface area contributed by atoms with Gasteiger partial charge in [0.15, 0.2) is 0 Å². The lowest BCUT2D eigenvalue weighted by molar-refractivity contribution is -0.00609. The maximum Gasteiger partial charge on any atom is 0.340 e. The van der Waals surface area contributed by atoms with Crippen molar-refractivity contribution in [1.82, 2.24) is 4.98 Å². The third-order valence-corrected chi connectivity index (χ3v) is 3.98. The number of hydrogen-bond donors (Lipinski definition) is 0. The standard InChI is InChI=1S/C16H21NO3/c1-4-19-16(18)13-8-12-10(3)20-9(2)7-14(12)17-15(13)11-5-6-11/h8-11H,4-7H2,1-3H3. The minimum Gasteiger partial charge on any atom is -0.462 e. The van der Waals surface area contributed by atoms with Crippen LogP contribution in [-0.4, -0.2) is 23.7 Å². The number of fused-ring (bicyclic) bond motifs is 1. The van der Waals surface area contributed by atoms with Crippen molar-refractivity contribution in [2.75, 3.05) is 6.61 Å². The normalized spacial score (nSPS) is 25.1. The first-order chi connectivity index (χ1) is 9.60. The molecule has 0 saturated heterocycles. The van der Waals surface area contributed by atoms with Crippen molar-refractivity contribution in [2.45, 2.75) is 58.2 Å². The molecule has 2 atom stereocenters. The van der Waals surface area contributed by atoms with Gasteiger partial charge in [0.1, 0.15) is 0 Å². The van der Waals surface area contributed by atoms with E-state index < -0.39 is 0 Å². The van der Waals surface area contributed by atoms with E-state index in [1.165, 1.54) is 0 Å². The maximum absolute atomic E-state index is 12.2. The maximum atomic E-state index is 12.2. The Bertz CT molecular complexity index is 537. The van der Waals surface area contributed by atoms with Gasteiger partial charge in [0.25, 0.3) is 0 Å². The van der Waals surface area contributed by atoms with Crippen molar-refractivity contribution < 1.29 is 14.3 Å². The number of pyridine rings is 1. The molecule has 20 heavy (non-hydrogen) atoms. The summed E-state index contributed by atoms with van der Waals surface area (Å²) >= 11 is 0. The first-order valence-corrected chi connectivity index (χ1v) is 7.46. The van der Waals surface area contributed by atoms with Crippen molar-refractivity contribution >= 4 is 5.97 Å². The molecule has 3 rings (SSSR count). The highest BCUT2D eigenvalue weighted by Crippen LogP contribution is 2.42. The lowest BCUT2D eigenvalue weighted by atomic mass is 9.96. The van der Waals surface area contributed by atoms with Crippen LogP contribution in [0.1, 0.15) is 72.9 Å². The SMILES string of the molecule is CCOC(=O)c1cc2c(nc1C1CC1)CC(C)OC2C. The summed E-state index contributed by atoms with van der Waals surface area (Å²) in [5.41, 5.74) is 3.70. The molecule has 1 aromatic rings. The Hall–Kier alpha value is -1.42. The third kappa shape index (κ3) is 2.44. The van der Waals surface area contributed by atoms with Crippen molar-refractivity contribution in [3.8, 4) is 0 Å². The predicted molar refractivity (Wildman–Crippen MR) is 74.8 cm³/mol. The molecule has 4 nitrogen and oxygen atoms in total. The summed E-state index contributed by atoms with van der Waals surface area (Å²) < 4.78 is 11.0. The van der Waals surface area contributed by atoms with Crippen LogP contribution in [0, 0.1) is 0 Å². The van der Waals surface area contributed by atoms with Crippen LogP contribution in [0.2, 0.25) is 0 Å². The number of nitrogens with zero attached hydrogens (tertiary/aromatic N) is 1. The molecule has 4 heteroatoms. The van der Waals surface area contributed by atoms with E-state index in [1.54, 1.807) is 0 Å². The number of aromatic nitrogens is 1. The molecular weight excluding hydrogens is 254 g/mol. The van der Waals surface area contributed by atoms with Crippen LogP contribution in [0.3, 0.4) is 0 Å². The van der Waals surface area contributed by atoms with Crippen molar-refractivity contribution in [2.24, 2.45) is 0 Å². The zero-order valence-electron chi connectivity index (χ0n) is 12.3. The van der Waals surface area contributed by atoms with E-state index in [1.807, 2.05) is 19.9 Å². The van der Waals surface area contributed by atoms with Gasteiger partial charge < -0.3 is 9.47 Å². The Kier molecular flexibility index (Phi) is 3.50. The van der Waals surface area contributed by atoms with Crippen LogP contribution < -0.4 is 0 Å². The lowest BCUT2D eigenvalue weighted by Crippen LogP contribution is -2.25. The Labute approximate surface area is 119 Å². The van der Waals surface area contributed by atoms with E-state index in [0.717, 1.165) is 36.2 Å². The molecule has 0 N–H and O–H groups in total. The minimum atomic E-state index is -0.254. The second-order valence-electron chi connectivity index (χ2n) is 5.74. The van der Waals surface area contributed by atoms with Crippen LogP contribution in [0.25, 0.3) is 0 Å². The zero-order valence-corrected chi connectivity index (χ0v) is 12.3. The summed E-state index contributed by atoms with van der Waals surface area (Å²) in [6.07, 6.45) is 3.25. The van der Waals surface area contributed by atoms with Crippen LogP contribution in [0.15, 0.2) is 6.07 Å². The summed E-state index contributed by atoms with van der Waals surface area (Å²) in [7, 11) is 0. The average molecular weight is 275 g/mol. The molecule has 1 aliphatic carbocycles. The Balaban J connectivity index is 2.04. The largest absolute Gasteiger partial charge is 0.462 e. The van der Waals surface area contributed by atoms with Gasteiger partial charge in [0.05, 0.1) is 30.1 Å². The Morgan fingerprint density at radius 3 is 2.85 bits per heavy atom. The number of carbonyl (C=O) groups excluding carboxylic acids is 1. The quantitative estimate of drug-likeness (QED) is 0.795. The monoisotopic (exact) mass is 275 g/mol. The zero-order chi connectivity index (χ0) is 14.3. The third-order valence-electron chi connectivity index (χ3n) is 3.98. The van der Waals surface area contributed by atoms with Gasteiger partial charge in [-0.15, -0.1) is 0 Å². The summed E-state index contributed by atoms with van der Waals surface area (Å²) in [6, 6.07) is 1.95. The number of hydrogen-bond acceptors (Lipinski definition) is 4. The molecule has 0 bridgehead atoms. The summed E-state index contributed by atoms with van der Waals surface area (Å²) in [5, 5.41) is 0. The van der Waals surface area contributed by atoms with Crippen LogP contribution in [0.4, 0.5) is 0 Å². The van der Waals surface area contributed by atoms with Crippen molar-refractivity contribution in [3.05, 3.63) is 28.6 Å². The molecule has 0 radical (unpaired) electrons. The first-order valence-electron chi connectivity index (χ1n) is 7.46. The molecule has 1 aliphatic heterocycles. The molecule has 2 aliphatic rings. The Morgan fingerprint density at radius 1 is 1.45 bits per heavy atom. The summed E-state index contributed by atoms with van der Waals surface area (Å²) in [5.74, 6) is 0.184. The minimum absolute atomic E-state index is 0.0114. The van der Waals surface area contributed by atoms with Crippen LogP contribution >= 0.6 is 0 Å². The molecule has 2 heterocycles. The van der Waals surface area contributed by atoms with E-state index in [2.05, 4.69) is 6.92 Å². The fourth-order valence-corrected chi connectivity index (χ4v) is 2.88. The number of rotatable bonds is 3. The van der Waals surface area contributed by atoms with Crippen molar-refractivity contribution in [1.29, 1.82) is 0 Å². The first kappa shape index (κ1) is 13.6. The fraction of sp³-hybridized carbons (Fsp3) is 0.625. The van der Waals surface area contributed by atoms with Crippen molar-refractivity contribution in [3.63, 3.8) is 0 Å². The lowest BCUT2D eigenvalue weighted by Gasteiger charge is -2.28. The van der Waals surface area contributed by atoms with Gasteiger partial charge in [0, 0.05) is 23.6 Å². The second kappa shape index (κ2) is 5.17. The van der Waals surface area contributed by atoms with Gasteiger partial charge in [-0.25, -0.2) is 4.79 Å². The van der Waals surface area contributed by atoms with E-state index in [9.17, 15) is 4.79 Å². The highest BCUT2D eigenvalue weighted by Gasteiger charge is 2.33. The van der Waals surface area contributed by atoms with E-state index in [4.69, 9.17) is 14.5 Å². The second-order valence-corrected chi connectivity index (χ2v) is 5.74.